The summed E-state index contributed by atoms with van der Waals surface area (Å²) in [6.07, 6.45) is 0.615. The number of nitrogens with one attached hydrogen (secondary N) is 1. The molecular formula is C19H19NO4S. The number of fused-ring (bicyclic) bond motifs is 2. The fourth-order valence-corrected chi connectivity index (χ4v) is 5.43. The zero-order valence-electron chi connectivity index (χ0n) is 13.6. The second-order valence-electron chi connectivity index (χ2n) is 6.62. The van der Waals surface area contributed by atoms with Gasteiger partial charge in [0, 0.05) is 17.7 Å². The summed E-state index contributed by atoms with van der Waals surface area (Å²) in [6, 6.07) is 15.0. The highest BCUT2D eigenvalue weighted by Crippen LogP contribution is 2.43. The molecule has 2 heterocycles. The van der Waals surface area contributed by atoms with Crippen LogP contribution < -0.4 is 10.1 Å². The van der Waals surface area contributed by atoms with Crippen LogP contribution in [0.25, 0.3) is 0 Å². The van der Waals surface area contributed by atoms with Crippen molar-refractivity contribution in [2.45, 2.75) is 12.3 Å². The molecule has 0 spiro atoms. The van der Waals surface area contributed by atoms with E-state index in [1.54, 1.807) is 0 Å². The van der Waals surface area contributed by atoms with Gasteiger partial charge in [0.2, 0.25) is 5.91 Å². The van der Waals surface area contributed by atoms with Gasteiger partial charge in [-0.05, 0) is 24.5 Å². The molecule has 1 saturated heterocycles. The van der Waals surface area contributed by atoms with Gasteiger partial charge in [0.15, 0.2) is 9.84 Å². The number of amides is 1. The minimum atomic E-state index is -2.94. The zero-order chi connectivity index (χ0) is 17.4. The smallest absolute Gasteiger partial charge is 0.232 e. The molecule has 6 heteroatoms. The van der Waals surface area contributed by atoms with Crippen LogP contribution in [0.1, 0.15) is 23.5 Å². The van der Waals surface area contributed by atoms with Crippen LogP contribution in [0.15, 0.2) is 48.5 Å². The van der Waals surface area contributed by atoms with Gasteiger partial charge in [0.25, 0.3) is 0 Å². The lowest BCUT2D eigenvalue weighted by atomic mass is 9.87. The first-order chi connectivity index (χ1) is 12.0. The second kappa shape index (κ2) is 6.19. The van der Waals surface area contributed by atoms with Gasteiger partial charge in [-0.2, -0.15) is 0 Å². The number of hydrogen-bond donors (Lipinski definition) is 1. The molecule has 1 N–H and O–H groups in total. The van der Waals surface area contributed by atoms with Crippen LogP contribution in [-0.4, -0.2) is 32.4 Å². The number of benzene rings is 2. The van der Waals surface area contributed by atoms with Gasteiger partial charge in [0.1, 0.15) is 11.5 Å². The van der Waals surface area contributed by atoms with Gasteiger partial charge < -0.3 is 10.1 Å². The Balaban J connectivity index is 1.58. The molecule has 1 unspecified atom stereocenters. The van der Waals surface area contributed by atoms with E-state index in [0.717, 1.165) is 11.1 Å². The summed E-state index contributed by atoms with van der Waals surface area (Å²) >= 11 is 0. The third kappa shape index (κ3) is 3.14. The number of para-hydroxylation sites is 2. The predicted molar refractivity (Wildman–Crippen MR) is 94.6 cm³/mol. The fourth-order valence-electron chi connectivity index (χ4n) is 3.57. The van der Waals surface area contributed by atoms with E-state index in [1.807, 2.05) is 48.5 Å². The molecule has 4 rings (SSSR count). The zero-order valence-corrected chi connectivity index (χ0v) is 14.5. The molecule has 25 heavy (non-hydrogen) atoms. The Bertz CT molecular complexity index is 877. The molecule has 0 saturated carbocycles. The van der Waals surface area contributed by atoms with Gasteiger partial charge in [-0.3, -0.25) is 4.79 Å². The molecule has 5 nitrogen and oxygen atoms in total. The quantitative estimate of drug-likeness (QED) is 0.916. The van der Waals surface area contributed by atoms with Crippen LogP contribution in [0.3, 0.4) is 0 Å². The van der Waals surface area contributed by atoms with Crippen LogP contribution in [0.4, 0.5) is 0 Å². The molecule has 1 atom stereocenters. The molecule has 130 valence electrons. The van der Waals surface area contributed by atoms with Crippen molar-refractivity contribution >= 4 is 15.7 Å². The van der Waals surface area contributed by atoms with E-state index in [1.165, 1.54) is 0 Å². The van der Waals surface area contributed by atoms with Crippen LogP contribution in [0.2, 0.25) is 0 Å². The van der Waals surface area contributed by atoms with Crippen LogP contribution in [0.5, 0.6) is 11.5 Å². The Morgan fingerprint density at radius 3 is 2.20 bits per heavy atom. The maximum atomic E-state index is 12.9. The van der Waals surface area contributed by atoms with Crippen LogP contribution in [0, 0.1) is 5.92 Å². The maximum absolute atomic E-state index is 12.9. The van der Waals surface area contributed by atoms with Crippen molar-refractivity contribution in [3.63, 3.8) is 0 Å². The first kappa shape index (κ1) is 16.1. The van der Waals surface area contributed by atoms with E-state index >= 15 is 0 Å². The number of hydrogen-bond acceptors (Lipinski definition) is 4. The normalized spacial score (nSPS) is 21.0. The summed E-state index contributed by atoms with van der Waals surface area (Å²) < 4.78 is 29.1. The highest BCUT2D eigenvalue weighted by molar-refractivity contribution is 7.91. The molecule has 2 aliphatic heterocycles. The number of carbonyl (C=O) groups is 1. The van der Waals surface area contributed by atoms with Gasteiger partial charge in [0.05, 0.1) is 17.4 Å². The Morgan fingerprint density at radius 1 is 1.04 bits per heavy atom. The minimum Gasteiger partial charge on any atom is -0.457 e. The molecule has 2 aromatic carbocycles. The number of sulfone groups is 1. The molecule has 0 bridgehead atoms. The largest absolute Gasteiger partial charge is 0.457 e. The molecule has 2 aliphatic rings. The summed E-state index contributed by atoms with van der Waals surface area (Å²) in [4.78, 5) is 12.9. The Kier molecular flexibility index (Phi) is 4.00. The summed E-state index contributed by atoms with van der Waals surface area (Å²) in [7, 11) is -2.94. The lowest BCUT2D eigenvalue weighted by Gasteiger charge is -2.27. The average Bonchev–Trinajstić information content (AvgIpc) is 2.96. The predicted octanol–water partition coefficient (Wildman–Crippen LogP) is 2.48. The van der Waals surface area contributed by atoms with Crippen molar-refractivity contribution in [2.24, 2.45) is 5.92 Å². The van der Waals surface area contributed by atoms with Gasteiger partial charge in [-0.1, -0.05) is 36.4 Å². The Labute approximate surface area is 146 Å². The highest BCUT2D eigenvalue weighted by atomic mass is 32.2. The molecule has 1 amide bonds. The minimum absolute atomic E-state index is 0.000668. The lowest BCUT2D eigenvalue weighted by molar-refractivity contribution is -0.122. The van der Waals surface area contributed by atoms with Gasteiger partial charge in [-0.25, -0.2) is 8.42 Å². The monoisotopic (exact) mass is 357 g/mol. The van der Waals surface area contributed by atoms with Crippen LogP contribution >= 0.6 is 0 Å². The number of rotatable bonds is 3. The van der Waals surface area contributed by atoms with Crippen molar-refractivity contribution < 1.29 is 17.9 Å². The van der Waals surface area contributed by atoms with Crippen molar-refractivity contribution in [3.8, 4) is 11.5 Å². The topological polar surface area (TPSA) is 72.5 Å². The van der Waals surface area contributed by atoms with E-state index in [2.05, 4.69) is 5.32 Å². The number of ether oxygens (including phenoxy) is 1. The molecule has 0 aliphatic carbocycles. The van der Waals surface area contributed by atoms with Crippen molar-refractivity contribution in [1.29, 1.82) is 0 Å². The first-order valence-electron chi connectivity index (χ1n) is 8.37. The third-order valence-electron chi connectivity index (χ3n) is 4.83. The molecule has 1 fully saturated rings. The summed E-state index contributed by atoms with van der Waals surface area (Å²) in [5, 5.41) is 2.95. The summed E-state index contributed by atoms with van der Waals surface area (Å²) in [6.45, 7) is 0.389. The molecule has 2 aromatic rings. The van der Waals surface area contributed by atoms with Crippen LogP contribution in [-0.2, 0) is 14.6 Å². The van der Waals surface area contributed by atoms with E-state index in [0.29, 0.717) is 24.5 Å². The standard InChI is InChI=1S/C19H19NO4S/c21-19(20-11-13-9-10-25(22,23)12-13)18-14-5-1-3-7-16(14)24-17-8-4-2-6-15(17)18/h1-8,13,18H,9-12H2,(H,20,21). The molecule has 0 radical (unpaired) electrons. The van der Waals surface area contributed by atoms with Gasteiger partial charge >= 0.3 is 0 Å². The lowest BCUT2D eigenvalue weighted by Crippen LogP contribution is -2.35. The molecule has 0 aromatic heterocycles. The Morgan fingerprint density at radius 2 is 1.64 bits per heavy atom. The molecular weight excluding hydrogens is 338 g/mol. The second-order valence-corrected chi connectivity index (χ2v) is 8.85. The third-order valence-corrected chi connectivity index (χ3v) is 6.67. The summed E-state index contributed by atoms with van der Waals surface area (Å²) in [5.41, 5.74) is 1.66. The highest BCUT2D eigenvalue weighted by Gasteiger charge is 2.33. The van der Waals surface area contributed by atoms with E-state index in [9.17, 15) is 13.2 Å². The van der Waals surface area contributed by atoms with Crippen molar-refractivity contribution in [2.75, 3.05) is 18.1 Å². The maximum Gasteiger partial charge on any atom is 0.232 e. The average molecular weight is 357 g/mol. The van der Waals surface area contributed by atoms with E-state index in [-0.39, 0.29) is 23.3 Å². The summed E-state index contributed by atoms with van der Waals surface area (Å²) in [5.74, 6) is 1.19. The van der Waals surface area contributed by atoms with Crippen molar-refractivity contribution in [3.05, 3.63) is 59.7 Å². The SMILES string of the molecule is O=C(NCC1CCS(=O)(=O)C1)C1c2ccccc2Oc2ccccc21. The van der Waals surface area contributed by atoms with Crippen molar-refractivity contribution in [1.82, 2.24) is 5.32 Å². The van der Waals surface area contributed by atoms with Gasteiger partial charge in [-0.15, -0.1) is 0 Å². The Hall–Kier alpha value is -2.34. The number of carbonyl (C=O) groups excluding carboxylic acids is 1. The van der Waals surface area contributed by atoms with E-state index < -0.39 is 15.8 Å². The first-order valence-corrected chi connectivity index (χ1v) is 10.2. The van der Waals surface area contributed by atoms with E-state index in [4.69, 9.17) is 4.74 Å². The fraction of sp³-hybridized carbons (Fsp3) is 0.316.